The maximum absolute atomic E-state index is 13.6. The Kier molecular flexibility index (Phi) is 5.38. The van der Waals surface area contributed by atoms with Gasteiger partial charge in [0.2, 0.25) is 5.82 Å². The molecule has 1 aromatic carbocycles. The van der Waals surface area contributed by atoms with Gasteiger partial charge in [-0.3, -0.25) is 9.88 Å². The molecule has 156 valence electrons. The van der Waals surface area contributed by atoms with E-state index in [1.54, 1.807) is 18.3 Å². The summed E-state index contributed by atoms with van der Waals surface area (Å²) in [6.45, 7) is 1.63. The molecule has 1 aliphatic heterocycles. The lowest BCUT2D eigenvalue weighted by atomic mass is 10.1. The molecule has 0 saturated heterocycles. The Morgan fingerprint density at radius 2 is 1.93 bits per heavy atom. The van der Waals surface area contributed by atoms with Crippen LogP contribution in [0.4, 0.5) is 17.6 Å². The molecule has 3 aromatic rings. The third-order valence-electron chi connectivity index (χ3n) is 4.93. The zero-order chi connectivity index (χ0) is 21.3. The van der Waals surface area contributed by atoms with Crippen molar-refractivity contribution in [3.8, 4) is 17.0 Å². The maximum Gasteiger partial charge on any atom is 0.451 e. The first kappa shape index (κ1) is 20.2. The van der Waals surface area contributed by atoms with E-state index in [2.05, 4.69) is 19.9 Å². The van der Waals surface area contributed by atoms with Crippen molar-refractivity contribution in [3.63, 3.8) is 0 Å². The van der Waals surface area contributed by atoms with Crippen LogP contribution in [0.2, 0.25) is 0 Å². The summed E-state index contributed by atoms with van der Waals surface area (Å²) in [6.07, 6.45) is -1.15. The molecule has 0 N–H and O–H groups in total. The van der Waals surface area contributed by atoms with Crippen LogP contribution in [0.3, 0.4) is 0 Å². The predicted molar refractivity (Wildman–Crippen MR) is 101 cm³/mol. The standard InChI is InChI=1S/C21H18F4N4O/c1-30-19-5-3-15(22)8-16(19)18-4-2-13(9-26-18)11-29-7-6-17-14(12-29)10-27-20(28-17)21(23,24)25/h2-5,8-10H,6-7,11-12H2,1H3. The van der Waals surface area contributed by atoms with E-state index >= 15 is 0 Å². The molecule has 2 aromatic heterocycles. The van der Waals surface area contributed by atoms with Gasteiger partial charge in [-0.25, -0.2) is 14.4 Å². The van der Waals surface area contributed by atoms with Crippen LogP contribution in [0.5, 0.6) is 5.75 Å². The first-order valence-corrected chi connectivity index (χ1v) is 9.26. The molecule has 0 unspecified atom stereocenters. The van der Waals surface area contributed by atoms with Gasteiger partial charge in [-0.2, -0.15) is 13.2 Å². The third-order valence-corrected chi connectivity index (χ3v) is 4.93. The van der Waals surface area contributed by atoms with Crippen molar-refractivity contribution < 1.29 is 22.3 Å². The summed E-state index contributed by atoms with van der Waals surface area (Å²) in [5.41, 5.74) is 3.23. The number of aromatic nitrogens is 3. The monoisotopic (exact) mass is 418 g/mol. The highest BCUT2D eigenvalue weighted by Crippen LogP contribution is 2.30. The molecular formula is C21H18F4N4O. The molecule has 0 saturated carbocycles. The molecule has 0 aliphatic carbocycles. The molecule has 30 heavy (non-hydrogen) atoms. The number of ether oxygens (including phenoxy) is 1. The number of hydrogen-bond acceptors (Lipinski definition) is 5. The zero-order valence-corrected chi connectivity index (χ0v) is 16.1. The van der Waals surface area contributed by atoms with E-state index in [1.807, 2.05) is 6.07 Å². The van der Waals surface area contributed by atoms with E-state index in [4.69, 9.17) is 4.74 Å². The summed E-state index contributed by atoms with van der Waals surface area (Å²) in [5.74, 6) is -0.940. The van der Waals surface area contributed by atoms with Crippen LogP contribution in [0.15, 0.2) is 42.7 Å². The fourth-order valence-electron chi connectivity index (χ4n) is 3.46. The lowest BCUT2D eigenvalue weighted by molar-refractivity contribution is -0.145. The van der Waals surface area contributed by atoms with E-state index in [9.17, 15) is 17.6 Å². The average molecular weight is 418 g/mol. The lowest BCUT2D eigenvalue weighted by Gasteiger charge is -2.28. The molecule has 0 fully saturated rings. The minimum Gasteiger partial charge on any atom is -0.496 e. The van der Waals surface area contributed by atoms with E-state index in [-0.39, 0.29) is 5.82 Å². The van der Waals surface area contributed by atoms with E-state index in [1.165, 1.54) is 25.4 Å². The van der Waals surface area contributed by atoms with Crippen LogP contribution >= 0.6 is 0 Å². The Hall–Kier alpha value is -3.07. The SMILES string of the molecule is COc1ccc(F)cc1-c1ccc(CN2CCc3nc(C(F)(F)F)ncc3C2)cn1. The van der Waals surface area contributed by atoms with Crippen LogP contribution in [0.25, 0.3) is 11.3 Å². The van der Waals surface area contributed by atoms with Crippen LogP contribution in [0, 0.1) is 5.82 Å². The Morgan fingerprint density at radius 3 is 2.63 bits per heavy atom. The number of pyridine rings is 1. The fraction of sp³-hybridized carbons (Fsp3) is 0.286. The van der Waals surface area contributed by atoms with Crippen molar-refractivity contribution in [3.05, 3.63) is 71.2 Å². The summed E-state index contributed by atoms with van der Waals surface area (Å²) in [4.78, 5) is 13.7. The van der Waals surface area contributed by atoms with Crippen LogP contribution in [-0.2, 0) is 25.7 Å². The van der Waals surface area contributed by atoms with Gasteiger partial charge >= 0.3 is 6.18 Å². The van der Waals surface area contributed by atoms with Crippen LogP contribution in [-0.4, -0.2) is 33.5 Å². The van der Waals surface area contributed by atoms with Gasteiger partial charge in [-0.05, 0) is 29.8 Å². The van der Waals surface area contributed by atoms with Gasteiger partial charge < -0.3 is 4.74 Å². The molecule has 0 bridgehead atoms. The second kappa shape index (κ2) is 7.98. The van der Waals surface area contributed by atoms with Gasteiger partial charge in [0.25, 0.3) is 0 Å². The first-order valence-electron chi connectivity index (χ1n) is 9.26. The molecule has 0 radical (unpaired) electrons. The summed E-state index contributed by atoms with van der Waals surface area (Å²) >= 11 is 0. The van der Waals surface area contributed by atoms with Crippen molar-refractivity contribution in [2.45, 2.75) is 25.7 Å². The predicted octanol–water partition coefficient (Wildman–Crippen LogP) is 4.26. The molecule has 4 rings (SSSR count). The maximum atomic E-state index is 13.6. The number of halogens is 4. The molecular weight excluding hydrogens is 400 g/mol. The van der Waals surface area contributed by atoms with Gasteiger partial charge in [0.05, 0.1) is 18.5 Å². The van der Waals surface area contributed by atoms with Crippen molar-refractivity contribution in [1.29, 1.82) is 0 Å². The normalized spacial score (nSPS) is 14.4. The molecule has 1 aliphatic rings. The highest BCUT2D eigenvalue weighted by molar-refractivity contribution is 5.67. The Bertz CT molecular complexity index is 1050. The number of rotatable bonds is 4. The highest BCUT2D eigenvalue weighted by atomic mass is 19.4. The van der Waals surface area contributed by atoms with Gasteiger partial charge in [0.15, 0.2) is 0 Å². The Labute approximate surface area is 170 Å². The minimum atomic E-state index is -4.54. The lowest BCUT2D eigenvalue weighted by Crippen LogP contribution is -2.31. The van der Waals surface area contributed by atoms with Gasteiger partial charge in [-0.1, -0.05) is 6.07 Å². The molecule has 3 heterocycles. The zero-order valence-electron chi connectivity index (χ0n) is 16.1. The topological polar surface area (TPSA) is 51.1 Å². The van der Waals surface area contributed by atoms with E-state index < -0.39 is 12.0 Å². The average Bonchev–Trinajstić information content (AvgIpc) is 2.73. The van der Waals surface area contributed by atoms with Gasteiger partial charge in [0, 0.05) is 49.6 Å². The van der Waals surface area contributed by atoms with Gasteiger partial charge in [0.1, 0.15) is 11.6 Å². The second-order valence-electron chi connectivity index (χ2n) is 7.02. The highest BCUT2D eigenvalue weighted by Gasteiger charge is 2.35. The van der Waals surface area contributed by atoms with Crippen molar-refractivity contribution in [2.24, 2.45) is 0 Å². The molecule has 0 spiro atoms. The first-order chi connectivity index (χ1) is 14.3. The largest absolute Gasteiger partial charge is 0.496 e. The third kappa shape index (κ3) is 4.25. The Morgan fingerprint density at radius 1 is 1.10 bits per heavy atom. The number of benzene rings is 1. The van der Waals surface area contributed by atoms with Crippen LogP contribution < -0.4 is 4.74 Å². The van der Waals surface area contributed by atoms with E-state index in [0.29, 0.717) is 54.3 Å². The number of nitrogens with zero attached hydrogens (tertiary/aromatic N) is 4. The van der Waals surface area contributed by atoms with Crippen molar-refractivity contribution in [1.82, 2.24) is 19.9 Å². The van der Waals surface area contributed by atoms with Crippen molar-refractivity contribution in [2.75, 3.05) is 13.7 Å². The summed E-state index contributed by atoms with van der Waals surface area (Å²) in [6, 6.07) is 7.94. The smallest absolute Gasteiger partial charge is 0.451 e. The summed E-state index contributed by atoms with van der Waals surface area (Å²) in [7, 11) is 1.51. The second-order valence-corrected chi connectivity index (χ2v) is 7.02. The van der Waals surface area contributed by atoms with E-state index in [0.717, 1.165) is 5.56 Å². The molecule has 0 atom stereocenters. The number of fused-ring (bicyclic) bond motifs is 1. The fourth-order valence-corrected chi connectivity index (χ4v) is 3.46. The quantitative estimate of drug-likeness (QED) is 0.593. The summed E-state index contributed by atoms with van der Waals surface area (Å²) in [5, 5.41) is 0. The molecule has 0 amide bonds. The molecule has 9 heteroatoms. The Balaban J connectivity index is 1.47. The van der Waals surface area contributed by atoms with Crippen molar-refractivity contribution >= 4 is 0 Å². The number of alkyl halides is 3. The molecule has 5 nitrogen and oxygen atoms in total. The number of hydrogen-bond donors (Lipinski definition) is 0. The number of methoxy groups -OCH3 is 1. The van der Waals surface area contributed by atoms with Gasteiger partial charge in [-0.15, -0.1) is 0 Å². The summed E-state index contributed by atoms with van der Waals surface area (Å²) < 4.78 is 57.2. The van der Waals surface area contributed by atoms with Crippen LogP contribution in [0.1, 0.15) is 22.6 Å². The minimum absolute atomic E-state index is 0.375.